The van der Waals surface area contributed by atoms with Crippen LogP contribution in [0, 0.1) is 6.92 Å². The normalized spacial score (nSPS) is 10.6. The molecule has 0 bridgehead atoms. The van der Waals surface area contributed by atoms with Gasteiger partial charge in [0, 0.05) is 16.8 Å². The van der Waals surface area contributed by atoms with Gasteiger partial charge in [0.25, 0.3) is 0 Å². The van der Waals surface area contributed by atoms with Gasteiger partial charge in [-0.2, -0.15) is 5.10 Å². The molecule has 21 heavy (non-hydrogen) atoms. The largest absolute Gasteiger partial charge is 0.288 e. The zero-order valence-corrected chi connectivity index (χ0v) is 12.2. The van der Waals surface area contributed by atoms with Crippen molar-refractivity contribution >= 4 is 17.4 Å². The van der Waals surface area contributed by atoms with E-state index < -0.39 is 0 Å². The summed E-state index contributed by atoms with van der Waals surface area (Å²) >= 11 is 5.99. The lowest BCUT2D eigenvalue weighted by Gasteiger charge is -2.02. The summed E-state index contributed by atoms with van der Waals surface area (Å²) in [6, 6.07) is 15.0. The molecule has 0 saturated carbocycles. The second-order valence-electron chi connectivity index (χ2n) is 4.80. The molecule has 0 atom stereocenters. The lowest BCUT2D eigenvalue weighted by Crippen LogP contribution is -2.00. The molecule has 4 heteroatoms. The molecule has 0 amide bonds. The first kappa shape index (κ1) is 13.6. The van der Waals surface area contributed by atoms with Crippen molar-refractivity contribution in [3.63, 3.8) is 0 Å². The number of hydrogen-bond donors (Lipinski definition) is 0. The van der Waals surface area contributed by atoms with Gasteiger partial charge in [0.1, 0.15) is 0 Å². The van der Waals surface area contributed by atoms with Crippen molar-refractivity contribution in [2.24, 2.45) is 0 Å². The van der Waals surface area contributed by atoms with Crippen molar-refractivity contribution in [2.45, 2.75) is 6.92 Å². The first-order valence-electron chi connectivity index (χ1n) is 6.56. The Morgan fingerprint density at radius 3 is 2.57 bits per heavy atom. The number of halogens is 1. The minimum absolute atomic E-state index is 0.0584. The third-order valence-electron chi connectivity index (χ3n) is 3.29. The Hall–Kier alpha value is -2.39. The lowest BCUT2D eigenvalue weighted by atomic mass is 10.0. The third-order valence-corrected chi connectivity index (χ3v) is 3.71. The van der Waals surface area contributed by atoms with Crippen LogP contribution in [0.1, 0.15) is 21.5 Å². The zero-order valence-electron chi connectivity index (χ0n) is 11.5. The molecular formula is C17H13ClN2O. The van der Waals surface area contributed by atoms with Crippen molar-refractivity contribution in [3.8, 4) is 5.69 Å². The first-order chi connectivity index (χ1) is 10.1. The molecule has 1 heterocycles. The molecule has 3 nitrogen and oxygen atoms in total. The zero-order chi connectivity index (χ0) is 14.8. The third kappa shape index (κ3) is 2.73. The maximum atomic E-state index is 12.5. The van der Waals surface area contributed by atoms with Gasteiger partial charge in [0.2, 0.25) is 0 Å². The summed E-state index contributed by atoms with van der Waals surface area (Å²) in [5, 5.41) is 4.90. The van der Waals surface area contributed by atoms with Gasteiger partial charge < -0.3 is 0 Å². The topological polar surface area (TPSA) is 34.9 Å². The molecule has 3 aromatic rings. The summed E-state index contributed by atoms with van der Waals surface area (Å²) in [7, 11) is 0. The molecule has 0 spiro atoms. The van der Waals surface area contributed by atoms with Gasteiger partial charge in [-0.15, -0.1) is 0 Å². The van der Waals surface area contributed by atoms with Crippen LogP contribution in [-0.4, -0.2) is 15.6 Å². The van der Waals surface area contributed by atoms with E-state index in [1.807, 2.05) is 37.3 Å². The fourth-order valence-corrected chi connectivity index (χ4v) is 2.23. The van der Waals surface area contributed by atoms with Crippen LogP contribution in [0.2, 0.25) is 5.02 Å². The SMILES string of the molecule is Cc1cc(C(=O)c2cnn(-c3ccccc3)c2)ccc1Cl. The molecule has 0 unspecified atom stereocenters. The van der Waals surface area contributed by atoms with Gasteiger partial charge >= 0.3 is 0 Å². The average molecular weight is 297 g/mol. The van der Waals surface area contributed by atoms with Crippen molar-refractivity contribution in [1.82, 2.24) is 9.78 Å². The van der Waals surface area contributed by atoms with Crippen molar-refractivity contribution < 1.29 is 4.79 Å². The van der Waals surface area contributed by atoms with Crippen LogP contribution in [0.3, 0.4) is 0 Å². The molecule has 104 valence electrons. The van der Waals surface area contributed by atoms with E-state index in [1.165, 1.54) is 0 Å². The number of aryl methyl sites for hydroxylation is 1. The molecule has 1 aromatic heterocycles. The van der Waals surface area contributed by atoms with E-state index >= 15 is 0 Å². The summed E-state index contributed by atoms with van der Waals surface area (Å²) in [5.74, 6) is -0.0584. The fourth-order valence-electron chi connectivity index (χ4n) is 2.11. The minimum atomic E-state index is -0.0584. The quantitative estimate of drug-likeness (QED) is 0.683. The van der Waals surface area contributed by atoms with Crippen LogP contribution in [-0.2, 0) is 0 Å². The van der Waals surface area contributed by atoms with Crippen LogP contribution in [0.5, 0.6) is 0 Å². The molecule has 0 aliphatic rings. The second-order valence-corrected chi connectivity index (χ2v) is 5.21. The number of carbonyl (C=O) groups excluding carboxylic acids is 1. The molecule has 0 aliphatic carbocycles. The predicted octanol–water partition coefficient (Wildman–Crippen LogP) is 4.07. The average Bonchev–Trinajstić information content (AvgIpc) is 3.00. The second kappa shape index (κ2) is 5.54. The number of rotatable bonds is 3. The van der Waals surface area contributed by atoms with E-state index in [9.17, 15) is 4.79 Å². The maximum absolute atomic E-state index is 12.5. The molecule has 3 rings (SSSR count). The van der Waals surface area contributed by atoms with E-state index in [-0.39, 0.29) is 5.78 Å². The van der Waals surface area contributed by atoms with E-state index in [1.54, 1.807) is 35.3 Å². The molecule has 2 aromatic carbocycles. The molecule has 0 fully saturated rings. The van der Waals surface area contributed by atoms with Gasteiger partial charge in [-0.1, -0.05) is 29.8 Å². The number of benzene rings is 2. The van der Waals surface area contributed by atoms with Crippen LogP contribution < -0.4 is 0 Å². The van der Waals surface area contributed by atoms with Crippen LogP contribution in [0.4, 0.5) is 0 Å². The van der Waals surface area contributed by atoms with Crippen LogP contribution in [0.25, 0.3) is 5.69 Å². The highest BCUT2D eigenvalue weighted by Gasteiger charge is 2.13. The van der Waals surface area contributed by atoms with E-state index in [0.717, 1.165) is 11.3 Å². The molecular weight excluding hydrogens is 284 g/mol. The van der Waals surface area contributed by atoms with Gasteiger partial charge in [0.05, 0.1) is 17.4 Å². The summed E-state index contributed by atoms with van der Waals surface area (Å²) in [4.78, 5) is 12.5. The number of hydrogen-bond acceptors (Lipinski definition) is 2. The van der Waals surface area contributed by atoms with Crippen molar-refractivity contribution in [2.75, 3.05) is 0 Å². The highest BCUT2D eigenvalue weighted by molar-refractivity contribution is 6.31. The van der Waals surface area contributed by atoms with E-state index in [0.29, 0.717) is 16.1 Å². The Labute approximate surface area is 127 Å². The Morgan fingerprint density at radius 2 is 1.86 bits per heavy atom. The van der Waals surface area contributed by atoms with E-state index in [4.69, 9.17) is 11.6 Å². The van der Waals surface area contributed by atoms with Gasteiger partial charge in [0.15, 0.2) is 5.78 Å². The Morgan fingerprint density at radius 1 is 1.10 bits per heavy atom. The Bertz CT molecular complexity index is 794. The number of ketones is 1. The maximum Gasteiger partial charge on any atom is 0.196 e. The molecule has 0 aliphatic heterocycles. The molecule has 0 N–H and O–H groups in total. The highest BCUT2D eigenvalue weighted by Crippen LogP contribution is 2.19. The number of nitrogens with zero attached hydrogens (tertiary/aromatic N) is 2. The van der Waals surface area contributed by atoms with E-state index in [2.05, 4.69) is 5.10 Å². The van der Waals surface area contributed by atoms with Gasteiger partial charge in [-0.05, 0) is 42.8 Å². The van der Waals surface area contributed by atoms with Gasteiger partial charge in [-0.3, -0.25) is 4.79 Å². The monoisotopic (exact) mass is 296 g/mol. The Kier molecular flexibility index (Phi) is 3.59. The number of aromatic nitrogens is 2. The van der Waals surface area contributed by atoms with Crippen LogP contribution in [0.15, 0.2) is 60.9 Å². The Balaban J connectivity index is 1.92. The number of para-hydroxylation sites is 1. The highest BCUT2D eigenvalue weighted by atomic mass is 35.5. The number of carbonyl (C=O) groups is 1. The summed E-state index contributed by atoms with van der Waals surface area (Å²) in [6.45, 7) is 1.88. The van der Waals surface area contributed by atoms with Crippen LogP contribution >= 0.6 is 11.6 Å². The fraction of sp³-hybridized carbons (Fsp3) is 0.0588. The smallest absolute Gasteiger partial charge is 0.196 e. The standard InChI is InChI=1S/C17H13ClN2O/c1-12-9-13(7-8-16(12)18)17(21)14-10-19-20(11-14)15-5-3-2-4-6-15/h2-11H,1H3. The minimum Gasteiger partial charge on any atom is -0.288 e. The molecule has 0 radical (unpaired) electrons. The summed E-state index contributed by atoms with van der Waals surface area (Å²) < 4.78 is 1.69. The molecule has 0 saturated heterocycles. The van der Waals surface area contributed by atoms with Gasteiger partial charge in [-0.25, -0.2) is 4.68 Å². The first-order valence-corrected chi connectivity index (χ1v) is 6.94. The predicted molar refractivity (Wildman–Crippen MR) is 83.2 cm³/mol. The lowest BCUT2D eigenvalue weighted by molar-refractivity contribution is 0.103. The summed E-state index contributed by atoms with van der Waals surface area (Å²) in [5.41, 5.74) is 2.98. The van der Waals surface area contributed by atoms with Crippen molar-refractivity contribution in [1.29, 1.82) is 0 Å². The van der Waals surface area contributed by atoms with Crippen molar-refractivity contribution in [3.05, 3.63) is 82.6 Å². The summed E-state index contributed by atoms with van der Waals surface area (Å²) in [6.07, 6.45) is 3.32.